The van der Waals surface area contributed by atoms with Crippen LogP contribution in [0.2, 0.25) is 0 Å². The highest BCUT2D eigenvalue weighted by atomic mass is 15.3. The molecule has 2 aromatic heterocycles. The van der Waals surface area contributed by atoms with Gasteiger partial charge in [-0.25, -0.2) is 0 Å². The zero-order valence-corrected chi connectivity index (χ0v) is 7.94. The Kier molecular flexibility index (Phi) is 1.84. The predicted octanol–water partition coefficient (Wildman–Crippen LogP) is -0.171. The molecule has 0 saturated heterocycles. The van der Waals surface area contributed by atoms with Crippen LogP contribution in [0.15, 0.2) is 6.20 Å². The maximum Gasteiger partial charge on any atom is 0.224 e. The molecule has 2 rings (SSSR count). The molecule has 14 heavy (non-hydrogen) atoms. The average molecular weight is 193 g/mol. The Morgan fingerprint density at radius 2 is 2.29 bits per heavy atom. The minimum atomic E-state index is 0.489. The lowest BCUT2D eigenvalue weighted by Gasteiger charge is -2.01. The van der Waals surface area contributed by atoms with Gasteiger partial charge in [0.1, 0.15) is 5.82 Å². The molecular weight excluding hydrogens is 182 g/mol. The van der Waals surface area contributed by atoms with Crippen LogP contribution >= 0.6 is 0 Å². The maximum atomic E-state index is 5.67. The standard InChI is InChI=1S/C7H11N7/c1-9-7-13-12-6(14(7)2)4-3-10-11-5(4)8/h3H,1-2H3,(H,9,13)(H3,8,10,11). The molecule has 0 aliphatic heterocycles. The quantitative estimate of drug-likeness (QED) is 0.615. The summed E-state index contributed by atoms with van der Waals surface area (Å²) in [7, 11) is 3.64. The van der Waals surface area contributed by atoms with E-state index in [2.05, 4.69) is 25.7 Å². The Hall–Kier alpha value is -2.05. The van der Waals surface area contributed by atoms with Crippen molar-refractivity contribution in [3.05, 3.63) is 6.20 Å². The fourth-order valence-electron chi connectivity index (χ4n) is 1.26. The Bertz CT molecular complexity index is 441. The molecule has 2 aromatic rings. The number of nitrogen functional groups attached to an aromatic ring is 1. The molecular formula is C7H11N7. The van der Waals surface area contributed by atoms with E-state index in [1.165, 1.54) is 0 Å². The van der Waals surface area contributed by atoms with Crippen LogP contribution in [0.5, 0.6) is 0 Å². The van der Waals surface area contributed by atoms with Crippen molar-refractivity contribution in [1.29, 1.82) is 0 Å². The van der Waals surface area contributed by atoms with Gasteiger partial charge in [-0.2, -0.15) is 5.10 Å². The number of anilines is 2. The van der Waals surface area contributed by atoms with Gasteiger partial charge in [0.2, 0.25) is 5.95 Å². The molecule has 0 atom stereocenters. The molecule has 7 heteroatoms. The topological polar surface area (TPSA) is 97.4 Å². The number of hydrogen-bond acceptors (Lipinski definition) is 5. The first-order valence-corrected chi connectivity index (χ1v) is 4.10. The van der Waals surface area contributed by atoms with Crippen molar-refractivity contribution in [3.8, 4) is 11.4 Å². The molecule has 0 aromatic carbocycles. The van der Waals surface area contributed by atoms with E-state index in [4.69, 9.17) is 5.73 Å². The smallest absolute Gasteiger partial charge is 0.224 e. The number of rotatable bonds is 2. The zero-order valence-electron chi connectivity index (χ0n) is 7.94. The third-order valence-corrected chi connectivity index (χ3v) is 2.01. The van der Waals surface area contributed by atoms with Crippen molar-refractivity contribution >= 4 is 11.8 Å². The van der Waals surface area contributed by atoms with Gasteiger partial charge in [0.15, 0.2) is 5.82 Å². The number of nitrogens with two attached hydrogens (primary N) is 1. The van der Waals surface area contributed by atoms with Crippen molar-refractivity contribution < 1.29 is 0 Å². The number of nitrogens with one attached hydrogen (secondary N) is 2. The molecule has 0 saturated carbocycles. The monoisotopic (exact) mass is 193 g/mol. The van der Waals surface area contributed by atoms with E-state index in [0.717, 1.165) is 5.56 Å². The van der Waals surface area contributed by atoms with Gasteiger partial charge in [-0.1, -0.05) is 0 Å². The first kappa shape index (κ1) is 8.54. The molecule has 0 aliphatic carbocycles. The van der Waals surface area contributed by atoms with Crippen molar-refractivity contribution in [3.63, 3.8) is 0 Å². The summed E-state index contributed by atoms with van der Waals surface area (Å²) < 4.78 is 1.81. The first-order chi connectivity index (χ1) is 6.74. The lowest BCUT2D eigenvalue weighted by atomic mass is 10.3. The van der Waals surface area contributed by atoms with Crippen molar-refractivity contribution in [2.24, 2.45) is 7.05 Å². The zero-order chi connectivity index (χ0) is 10.1. The minimum Gasteiger partial charge on any atom is -0.383 e. The number of hydrogen-bond donors (Lipinski definition) is 3. The van der Waals surface area contributed by atoms with Crippen LogP contribution in [0, 0.1) is 0 Å². The number of aromatic nitrogens is 5. The molecule has 0 amide bonds. The lowest BCUT2D eigenvalue weighted by Crippen LogP contribution is -2.00. The summed E-state index contributed by atoms with van der Waals surface area (Å²) in [6.07, 6.45) is 1.62. The van der Waals surface area contributed by atoms with Crippen LogP contribution in [-0.2, 0) is 7.05 Å². The van der Waals surface area contributed by atoms with E-state index in [9.17, 15) is 0 Å². The summed E-state index contributed by atoms with van der Waals surface area (Å²) in [6.45, 7) is 0. The van der Waals surface area contributed by atoms with Crippen molar-refractivity contribution in [1.82, 2.24) is 25.0 Å². The van der Waals surface area contributed by atoms with Gasteiger partial charge in [-0.05, 0) is 0 Å². The summed E-state index contributed by atoms with van der Waals surface area (Å²) in [5.41, 5.74) is 6.42. The maximum absolute atomic E-state index is 5.67. The summed E-state index contributed by atoms with van der Waals surface area (Å²) in [5, 5.41) is 17.3. The summed E-state index contributed by atoms with van der Waals surface area (Å²) >= 11 is 0. The average Bonchev–Trinajstić information content (AvgIpc) is 2.72. The molecule has 2 heterocycles. The van der Waals surface area contributed by atoms with Crippen LogP contribution in [0.25, 0.3) is 11.4 Å². The normalized spacial score (nSPS) is 10.4. The Morgan fingerprint density at radius 3 is 2.79 bits per heavy atom. The Labute approximate surface area is 80.3 Å². The lowest BCUT2D eigenvalue weighted by molar-refractivity contribution is 0.925. The van der Waals surface area contributed by atoms with Crippen LogP contribution < -0.4 is 11.1 Å². The summed E-state index contributed by atoms with van der Waals surface area (Å²) in [6, 6.07) is 0. The van der Waals surface area contributed by atoms with Crippen molar-refractivity contribution in [2.75, 3.05) is 18.1 Å². The van der Waals surface area contributed by atoms with Gasteiger partial charge in [-0.15, -0.1) is 10.2 Å². The van der Waals surface area contributed by atoms with E-state index in [1.807, 2.05) is 7.05 Å². The highest BCUT2D eigenvalue weighted by Gasteiger charge is 2.13. The van der Waals surface area contributed by atoms with E-state index >= 15 is 0 Å². The van der Waals surface area contributed by atoms with Gasteiger partial charge < -0.3 is 11.1 Å². The van der Waals surface area contributed by atoms with Gasteiger partial charge in [0.05, 0.1) is 11.8 Å². The number of H-pyrrole nitrogens is 1. The SMILES string of the molecule is CNc1nnc(-c2cn[nH]c2N)n1C. The molecule has 74 valence electrons. The minimum absolute atomic E-state index is 0.489. The highest BCUT2D eigenvalue weighted by molar-refractivity contribution is 5.68. The van der Waals surface area contributed by atoms with Gasteiger partial charge in [0.25, 0.3) is 0 Å². The van der Waals surface area contributed by atoms with E-state index in [1.54, 1.807) is 17.8 Å². The molecule has 0 unspecified atom stereocenters. The molecule has 0 fully saturated rings. The van der Waals surface area contributed by atoms with Crippen LogP contribution in [0.1, 0.15) is 0 Å². The second kappa shape index (κ2) is 3.02. The number of aromatic amines is 1. The summed E-state index contributed by atoms with van der Waals surface area (Å²) in [5.74, 6) is 1.85. The van der Waals surface area contributed by atoms with Crippen LogP contribution in [-0.4, -0.2) is 32.0 Å². The third-order valence-electron chi connectivity index (χ3n) is 2.01. The highest BCUT2D eigenvalue weighted by Crippen LogP contribution is 2.22. The molecule has 4 N–H and O–H groups in total. The van der Waals surface area contributed by atoms with Crippen molar-refractivity contribution in [2.45, 2.75) is 0 Å². The van der Waals surface area contributed by atoms with E-state index in [-0.39, 0.29) is 0 Å². The fourth-order valence-corrected chi connectivity index (χ4v) is 1.26. The second-order valence-electron chi connectivity index (χ2n) is 2.85. The largest absolute Gasteiger partial charge is 0.383 e. The van der Waals surface area contributed by atoms with E-state index < -0.39 is 0 Å². The van der Waals surface area contributed by atoms with Crippen LogP contribution in [0.3, 0.4) is 0 Å². The molecule has 0 bridgehead atoms. The number of nitrogens with zero attached hydrogens (tertiary/aromatic N) is 4. The predicted molar refractivity (Wildman–Crippen MR) is 52.5 cm³/mol. The molecule has 0 spiro atoms. The van der Waals surface area contributed by atoms with Gasteiger partial charge in [0, 0.05) is 14.1 Å². The molecule has 7 nitrogen and oxygen atoms in total. The summed E-state index contributed by atoms with van der Waals surface area (Å²) in [4.78, 5) is 0. The third kappa shape index (κ3) is 1.10. The van der Waals surface area contributed by atoms with E-state index in [0.29, 0.717) is 17.6 Å². The molecule has 0 aliphatic rings. The molecule has 0 radical (unpaired) electrons. The van der Waals surface area contributed by atoms with Gasteiger partial charge >= 0.3 is 0 Å². The van der Waals surface area contributed by atoms with Crippen LogP contribution in [0.4, 0.5) is 11.8 Å². The van der Waals surface area contributed by atoms with Gasteiger partial charge in [-0.3, -0.25) is 9.67 Å². The fraction of sp³-hybridized carbons (Fsp3) is 0.286. The first-order valence-electron chi connectivity index (χ1n) is 4.10. The second-order valence-corrected chi connectivity index (χ2v) is 2.85. The Morgan fingerprint density at radius 1 is 1.50 bits per heavy atom. The Balaban J connectivity index is 2.52.